The van der Waals surface area contributed by atoms with Crippen LogP contribution in [0.1, 0.15) is 32.6 Å². The van der Waals surface area contributed by atoms with Crippen molar-refractivity contribution in [3.8, 4) is 0 Å². The molecule has 2 aliphatic carbocycles. The molecule has 5 heteroatoms. The van der Waals surface area contributed by atoms with Crippen LogP contribution < -0.4 is 0 Å². The lowest BCUT2D eigenvalue weighted by Gasteiger charge is -2.45. The van der Waals surface area contributed by atoms with E-state index in [-0.39, 0.29) is 17.4 Å². The Morgan fingerprint density at radius 3 is 3.00 bits per heavy atom. The quantitative estimate of drug-likeness (QED) is 0.252. The highest BCUT2D eigenvalue weighted by Gasteiger charge is 2.51. The van der Waals surface area contributed by atoms with Crippen LogP contribution in [0.4, 0.5) is 0 Å². The van der Waals surface area contributed by atoms with Crippen LogP contribution in [0, 0.1) is 11.3 Å². The molecule has 3 aliphatic rings. The molecule has 2 bridgehead atoms. The Morgan fingerprint density at radius 2 is 2.30 bits per heavy atom. The van der Waals surface area contributed by atoms with E-state index in [1.165, 1.54) is 0 Å². The van der Waals surface area contributed by atoms with Gasteiger partial charge >= 0.3 is 5.97 Å². The van der Waals surface area contributed by atoms with Crippen LogP contribution in [0.5, 0.6) is 0 Å². The zero-order valence-corrected chi connectivity index (χ0v) is 11.5. The van der Waals surface area contributed by atoms with Crippen LogP contribution in [0.15, 0.2) is 23.8 Å². The highest BCUT2D eigenvalue weighted by Crippen LogP contribution is 2.49. The highest BCUT2D eigenvalue weighted by molar-refractivity contribution is 5.91. The standard InChI is InChI=1S/C15H20O5/c1-8-10-4-3-9-7-15(2,6-5-11(9)20-18)13(16)12(10)19-14(8)17/h3,10-13,16,18H,1,4-7H2,2H3/t10-,11+,12-,13-,15?/m0/s1. The van der Waals surface area contributed by atoms with E-state index in [1.807, 2.05) is 13.0 Å². The van der Waals surface area contributed by atoms with Crippen molar-refractivity contribution < 1.29 is 24.8 Å². The summed E-state index contributed by atoms with van der Waals surface area (Å²) in [5.41, 5.74) is 1.05. The summed E-state index contributed by atoms with van der Waals surface area (Å²) < 4.78 is 5.34. The fourth-order valence-electron chi connectivity index (χ4n) is 3.76. The average Bonchev–Trinajstić information content (AvgIpc) is 2.71. The zero-order chi connectivity index (χ0) is 14.5. The van der Waals surface area contributed by atoms with Gasteiger partial charge in [-0.15, -0.1) is 0 Å². The van der Waals surface area contributed by atoms with Crippen LogP contribution in [0.2, 0.25) is 0 Å². The van der Waals surface area contributed by atoms with E-state index in [9.17, 15) is 9.90 Å². The number of ether oxygens (including phenoxy) is 1. The third-order valence-corrected chi connectivity index (χ3v) is 5.14. The van der Waals surface area contributed by atoms with E-state index in [4.69, 9.17) is 9.99 Å². The minimum absolute atomic E-state index is 0.190. The van der Waals surface area contributed by atoms with Gasteiger partial charge in [0.1, 0.15) is 12.2 Å². The summed E-state index contributed by atoms with van der Waals surface area (Å²) in [7, 11) is 0. The van der Waals surface area contributed by atoms with Gasteiger partial charge in [-0.3, -0.25) is 5.26 Å². The predicted molar refractivity (Wildman–Crippen MR) is 70.7 cm³/mol. The molecule has 20 heavy (non-hydrogen) atoms. The number of hydrogen-bond acceptors (Lipinski definition) is 5. The number of carbonyl (C=O) groups excluding carboxylic acids is 1. The second-order valence-corrected chi connectivity index (χ2v) is 6.42. The zero-order valence-electron chi connectivity index (χ0n) is 11.5. The average molecular weight is 280 g/mol. The maximum absolute atomic E-state index is 11.7. The molecule has 1 heterocycles. The van der Waals surface area contributed by atoms with Crippen LogP contribution >= 0.6 is 0 Å². The van der Waals surface area contributed by atoms with Crippen molar-refractivity contribution in [3.63, 3.8) is 0 Å². The Hall–Kier alpha value is -1.17. The van der Waals surface area contributed by atoms with Gasteiger partial charge in [0.2, 0.25) is 0 Å². The van der Waals surface area contributed by atoms with Crippen molar-refractivity contribution in [2.45, 2.75) is 50.9 Å². The van der Waals surface area contributed by atoms with Crippen molar-refractivity contribution in [2.24, 2.45) is 11.3 Å². The molecule has 0 amide bonds. The summed E-state index contributed by atoms with van der Waals surface area (Å²) >= 11 is 0. The minimum Gasteiger partial charge on any atom is -0.456 e. The van der Waals surface area contributed by atoms with E-state index >= 15 is 0 Å². The van der Waals surface area contributed by atoms with Gasteiger partial charge in [-0.05, 0) is 31.3 Å². The van der Waals surface area contributed by atoms with Gasteiger partial charge in [-0.1, -0.05) is 19.6 Å². The number of esters is 1. The lowest BCUT2D eigenvalue weighted by Crippen LogP contribution is -2.48. The Balaban J connectivity index is 1.99. The Morgan fingerprint density at radius 1 is 1.55 bits per heavy atom. The monoisotopic (exact) mass is 280 g/mol. The molecular formula is C15H20O5. The van der Waals surface area contributed by atoms with Gasteiger partial charge < -0.3 is 9.84 Å². The van der Waals surface area contributed by atoms with Crippen molar-refractivity contribution in [3.05, 3.63) is 23.8 Å². The van der Waals surface area contributed by atoms with E-state index < -0.39 is 18.2 Å². The Kier molecular flexibility index (Phi) is 3.23. The summed E-state index contributed by atoms with van der Waals surface area (Å²) in [5.74, 6) is -0.600. The molecule has 3 rings (SSSR count). The normalized spacial score (nSPS) is 44.2. The first-order valence-corrected chi connectivity index (χ1v) is 7.03. The first kappa shape index (κ1) is 13.8. The summed E-state index contributed by atoms with van der Waals surface area (Å²) in [6.45, 7) is 5.78. The SMILES string of the molecule is C=C1C(=O)O[C@H]2[C@H]1CC=C1CC(C)(CC[C@H]1OO)[C@H]2O. The fourth-order valence-corrected chi connectivity index (χ4v) is 3.76. The van der Waals surface area contributed by atoms with E-state index in [0.717, 1.165) is 5.57 Å². The lowest BCUT2D eigenvalue weighted by molar-refractivity contribution is -0.276. The van der Waals surface area contributed by atoms with Crippen LogP contribution in [0.25, 0.3) is 0 Å². The molecule has 1 saturated heterocycles. The van der Waals surface area contributed by atoms with Gasteiger partial charge in [0, 0.05) is 16.9 Å². The number of fused-ring (bicyclic) bond motifs is 3. The van der Waals surface area contributed by atoms with E-state index in [2.05, 4.69) is 11.5 Å². The van der Waals surface area contributed by atoms with Crippen molar-refractivity contribution in [1.82, 2.24) is 0 Å². The molecule has 1 unspecified atom stereocenters. The molecule has 1 aliphatic heterocycles. The number of aliphatic hydroxyl groups is 1. The molecule has 0 spiro atoms. The number of aliphatic hydroxyl groups excluding tert-OH is 1. The number of hydrogen-bond donors (Lipinski definition) is 2. The molecule has 0 radical (unpaired) electrons. The van der Waals surface area contributed by atoms with Gasteiger partial charge in [0.25, 0.3) is 0 Å². The molecule has 1 saturated carbocycles. The van der Waals surface area contributed by atoms with E-state index in [1.54, 1.807) is 0 Å². The summed E-state index contributed by atoms with van der Waals surface area (Å²) in [5, 5.41) is 19.7. The molecule has 110 valence electrons. The van der Waals surface area contributed by atoms with Gasteiger partial charge in [0.05, 0.1) is 6.10 Å². The molecule has 0 aromatic rings. The molecule has 2 N–H and O–H groups in total. The van der Waals surface area contributed by atoms with Crippen LogP contribution in [0.3, 0.4) is 0 Å². The Labute approximate surface area is 117 Å². The topological polar surface area (TPSA) is 76.0 Å². The minimum atomic E-state index is -0.723. The number of allylic oxidation sites excluding steroid dienone is 1. The van der Waals surface area contributed by atoms with Crippen molar-refractivity contribution >= 4 is 5.97 Å². The maximum atomic E-state index is 11.7. The largest absolute Gasteiger partial charge is 0.456 e. The number of carbonyl (C=O) groups is 1. The summed E-state index contributed by atoms with van der Waals surface area (Å²) in [4.78, 5) is 16.3. The molecule has 5 nitrogen and oxygen atoms in total. The summed E-state index contributed by atoms with van der Waals surface area (Å²) in [6.07, 6.45) is 3.06. The van der Waals surface area contributed by atoms with Crippen LogP contribution in [-0.2, 0) is 14.4 Å². The Bertz CT molecular complexity index is 483. The highest BCUT2D eigenvalue weighted by atomic mass is 17.1. The van der Waals surface area contributed by atoms with Gasteiger partial charge in [-0.25, -0.2) is 9.68 Å². The molecular weight excluding hydrogens is 260 g/mol. The van der Waals surface area contributed by atoms with Crippen molar-refractivity contribution in [2.75, 3.05) is 0 Å². The smallest absolute Gasteiger partial charge is 0.334 e. The molecule has 0 aromatic heterocycles. The van der Waals surface area contributed by atoms with Crippen molar-refractivity contribution in [1.29, 1.82) is 0 Å². The maximum Gasteiger partial charge on any atom is 0.334 e. The molecule has 0 aromatic carbocycles. The van der Waals surface area contributed by atoms with Gasteiger partial charge in [-0.2, -0.15) is 0 Å². The summed E-state index contributed by atoms with van der Waals surface area (Å²) in [6, 6.07) is 0. The molecule has 2 fully saturated rings. The van der Waals surface area contributed by atoms with Crippen LogP contribution in [-0.4, -0.2) is 34.6 Å². The number of rotatable bonds is 1. The third-order valence-electron chi connectivity index (χ3n) is 5.14. The van der Waals surface area contributed by atoms with Gasteiger partial charge in [0.15, 0.2) is 0 Å². The van der Waals surface area contributed by atoms with E-state index in [0.29, 0.717) is 31.3 Å². The fraction of sp³-hybridized carbons (Fsp3) is 0.667. The molecule has 5 atom stereocenters. The first-order chi connectivity index (χ1) is 9.46. The third kappa shape index (κ3) is 1.92. The predicted octanol–water partition coefficient (Wildman–Crippen LogP) is 1.82. The lowest BCUT2D eigenvalue weighted by atomic mass is 9.64. The second kappa shape index (κ2) is 4.69. The second-order valence-electron chi connectivity index (χ2n) is 6.42. The first-order valence-electron chi connectivity index (χ1n) is 7.03.